The van der Waals surface area contributed by atoms with Gasteiger partial charge in [0.15, 0.2) is 0 Å². The molecule has 2 heterocycles. The first-order chi connectivity index (χ1) is 10.2. The highest BCUT2D eigenvalue weighted by molar-refractivity contribution is 6.30. The van der Waals surface area contributed by atoms with Crippen molar-refractivity contribution >= 4 is 29.3 Å². The largest absolute Gasteiger partial charge is 0.487 e. The third kappa shape index (κ3) is 3.14. The van der Waals surface area contributed by atoms with Crippen molar-refractivity contribution in [2.45, 2.75) is 0 Å². The van der Waals surface area contributed by atoms with Gasteiger partial charge in [0.1, 0.15) is 18.1 Å². The molecule has 106 valence electrons. The minimum Gasteiger partial charge on any atom is -0.487 e. The van der Waals surface area contributed by atoms with Gasteiger partial charge < -0.3 is 9.72 Å². The van der Waals surface area contributed by atoms with Gasteiger partial charge in [0.05, 0.1) is 5.57 Å². The molecule has 1 aliphatic rings. The molecule has 2 aromatic rings. The molecule has 1 aromatic heterocycles. The van der Waals surface area contributed by atoms with Crippen LogP contribution in [0.15, 0.2) is 53.3 Å². The second-order valence-electron chi connectivity index (χ2n) is 4.43. The number of nitrogens with zero attached hydrogens (tertiary/aromatic N) is 1. The van der Waals surface area contributed by atoms with E-state index in [1.807, 2.05) is 12.1 Å². The number of amides is 1. The Morgan fingerprint density at radius 1 is 1.24 bits per heavy atom. The molecule has 0 bridgehead atoms. The molecule has 1 aliphatic heterocycles. The molecule has 1 aromatic carbocycles. The van der Waals surface area contributed by atoms with E-state index in [0.29, 0.717) is 22.1 Å². The molecule has 6 heteroatoms. The van der Waals surface area contributed by atoms with E-state index in [0.717, 1.165) is 5.69 Å². The maximum absolute atomic E-state index is 11.8. The van der Waals surface area contributed by atoms with Crippen LogP contribution in [-0.4, -0.2) is 23.2 Å². The molecule has 0 aliphatic carbocycles. The molecular weight excluding hydrogens is 290 g/mol. The lowest BCUT2D eigenvalue weighted by atomic mass is 10.1. The average molecular weight is 302 g/mol. The first-order valence-electron chi connectivity index (χ1n) is 6.33. The van der Waals surface area contributed by atoms with Crippen molar-refractivity contribution in [3.63, 3.8) is 0 Å². The lowest BCUT2D eigenvalue weighted by molar-refractivity contribution is -0.116. The summed E-state index contributed by atoms with van der Waals surface area (Å²) in [5.74, 6) is 0.431. The molecule has 0 saturated heterocycles. The summed E-state index contributed by atoms with van der Waals surface area (Å²) in [6.45, 7) is 0.201. The smallest absolute Gasteiger partial charge is 0.273 e. The molecule has 0 fully saturated rings. The number of H-pyrrole nitrogens is 1. The van der Waals surface area contributed by atoms with E-state index in [1.54, 1.807) is 36.5 Å². The van der Waals surface area contributed by atoms with Crippen molar-refractivity contribution in [1.82, 2.24) is 10.4 Å². The second-order valence-corrected chi connectivity index (χ2v) is 4.86. The molecule has 0 atom stereocenters. The van der Waals surface area contributed by atoms with Crippen LogP contribution in [0.4, 0.5) is 0 Å². The van der Waals surface area contributed by atoms with E-state index < -0.39 is 0 Å². The molecular formula is C15H12ClN3O2. The van der Waals surface area contributed by atoms with Gasteiger partial charge in [-0.3, -0.25) is 4.79 Å². The Labute approximate surface area is 126 Å². The van der Waals surface area contributed by atoms with Gasteiger partial charge in [-0.15, -0.1) is 0 Å². The molecule has 2 N–H and O–H groups in total. The van der Waals surface area contributed by atoms with Crippen LogP contribution in [0.5, 0.6) is 5.75 Å². The van der Waals surface area contributed by atoms with Gasteiger partial charge in [0.25, 0.3) is 5.91 Å². The number of carbonyl (C=O) groups is 1. The molecule has 0 unspecified atom stereocenters. The normalized spacial score (nSPS) is 16.0. The summed E-state index contributed by atoms with van der Waals surface area (Å²) in [5.41, 5.74) is 4.33. The molecule has 3 rings (SSSR count). The summed E-state index contributed by atoms with van der Waals surface area (Å²) >= 11 is 5.81. The van der Waals surface area contributed by atoms with E-state index in [2.05, 4.69) is 15.5 Å². The first kappa shape index (κ1) is 13.5. The summed E-state index contributed by atoms with van der Waals surface area (Å²) in [6, 6.07) is 10.7. The van der Waals surface area contributed by atoms with Crippen molar-refractivity contribution in [1.29, 1.82) is 0 Å². The fourth-order valence-corrected chi connectivity index (χ4v) is 2.03. The van der Waals surface area contributed by atoms with Crippen molar-refractivity contribution in [3.05, 3.63) is 58.9 Å². The van der Waals surface area contributed by atoms with Gasteiger partial charge in [-0.1, -0.05) is 11.6 Å². The summed E-state index contributed by atoms with van der Waals surface area (Å²) in [6.07, 6.45) is 3.53. The number of hydrogen-bond donors (Lipinski definition) is 2. The number of hydrogen-bond acceptors (Lipinski definition) is 3. The van der Waals surface area contributed by atoms with Crippen LogP contribution in [0.25, 0.3) is 6.08 Å². The van der Waals surface area contributed by atoms with E-state index in [9.17, 15) is 4.79 Å². The number of benzene rings is 1. The summed E-state index contributed by atoms with van der Waals surface area (Å²) in [5, 5.41) is 4.64. The zero-order valence-electron chi connectivity index (χ0n) is 11.0. The SMILES string of the molecule is O=C1NN=C(COc2ccc(Cl)cc2)/C1=C\c1ccc[nH]1. The van der Waals surface area contributed by atoms with Gasteiger partial charge >= 0.3 is 0 Å². The summed E-state index contributed by atoms with van der Waals surface area (Å²) < 4.78 is 5.61. The summed E-state index contributed by atoms with van der Waals surface area (Å²) in [4.78, 5) is 14.8. The van der Waals surface area contributed by atoms with E-state index >= 15 is 0 Å². The minimum atomic E-state index is -0.237. The van der Waals surface area contributed by atoms with Crippen molar-refractivity contribution < 1.29 is 9.53 Å². The third-order valence-electron chi connectivity index (χ3n) is 2.96. The van der Waals surface area contributed by atoms with Crippen LogP contribution in [0.2, 0.25) is 5.02 Å². The van der Waals surface area contributed by atoms with Gasteiger partial charge in [-0.2, -0.15) is 5.10 Å². The molecule has 1 amide bonds. The zero-order valence-corrected chi connectivity index (χ0v) is 11.7. The standard InChI is InChI=1S/C15H12ClN3O2/c16-10-3-5-12(6-4-10)21-9-14-13(15(20)19-18-14)8-11-2-1-7-17-11/h1-8,17H,9H2,(H,19,20)/b13-8+. The van der Waals surface area contributed by atoms with Crippen LogP contribution in [0, 0.1) is 0 Å². The highest BCUT2D eigenvalue weighted by Crippen LogP contribution is 2.17. The van der Waals surface area contributed by atoms with Crippen LogP contribution in [0.1, 0.15) is 5.69 Å². The number of rotatable bonds is 4. The molecule has 0 radical (unpaired) electrons. The highest BCUT2D eigenvalue weighted by Gasteiger charge is 2.23. The predicted octanol–water partition coefficient (Wildman–Crippen LogP) is 2.62. The topological polar surface area (TPSA) is 66.5 Å². The van der Waals surface area contributed by atoms with E-state index in [-0.39, 0.29) is 12.5 Å². The number of aromatic amines is 1. The quantitative estimate of drug-likeness (QED) is 0.853. The number of ether oxygens (including phenoxy) is 1. The minimum absolute atomic E-state index is 0.201. The van der Waals surface area contributed by atoms with Gasteiger partial charge in [-0.25, -0.2) is 5.43 Å². The lowest BCUT2D eigenvalue weighted by Crippen LogP contribution is -2.16. The fraction of sp³-hybridized carbons (Fsp3) is 0.0667. The van der Waals surface area contributed by atoms with E-state index in [4.69, 9.17) is 16.3 Å². The Bertz CT molecular complexity index is 703. The van der Waals surface area contributed by atoms with E-state index in [1.165, 1.54) is 0 Å². The summed E-state index contributed by atoms with van der Waals surface area (Å²) in [7, 11) is 0. The number of hydrazone groups is 1. The highest BCUT2D eigenvalue weighted by atomic mass is 35.5. The predicted molar refractivity (Wildman–Crippen MR) is 81.3 cm³/mol. The average Bonchev–Trinajstić information content (AvgIpc) is 3.11. The Morgan fingerprint density at radius 3 is 2.76 bits per heavy atom. The fourth-order valence-electron chi connectivity index (χ4n) is 1.90. The number of aromatic nitrogens is 1. The molecule has 5 nitrogen and oxygen atoms in total. The van der Waals surface area contributed by atoms with Gasteiger partial charge in [0, 0.05) is 16.9 Å². The molecule has 0 saturated carbocycles. The van der Waals surface area contributed by atoms with Crippen LogP contribution in [0.3, 0.4) is 0 Å². The maximum atomic E-state index is 11.8. The molecule has 21 heavy (non-hydrogen) atoms. The lowest BCUT2D eigenvalue weighted by Gasteiger charge is -2.06. The van der Waals surface area contributed by atoms with Crippen LogP contribution < -0.4 is 10.2 Å². The number of halogens is 1. The second kappa shape index (κ2) is 5.85. The third-order valence-corrected chi connectivity index (χ3v) is 3.21. The monoisotopic (exact) mass is 301 g/mol. The number of nitrogens with one attached hydrogen (secondary N) is 2. The van der Waals surface area contributed by atoms with Crippen molar-refractivity contribution in [2.75, 3.05) is 6.61 Å². The Balaban J connectivity index is 1.72. The first-order valence-corrected chi connectivity index (χ1v) is 6.71. The number of carbonyl (C=O) groups excluding carboxylic acids is 1. The van der Waals surface area contributed by atoms with Crippen molar-refractivity contribution in [2.24, 2.45) is 5.10 Å². The Hall–Kier alpha value is -2.53. The Kier molecular flexibility index (Phi) is 3.75. The van der Waals surface area contributed by atoms with Crippen LogP contribution >= 0.6 is 11.6 Å². The maximum Gasteiger partial charge on any atom is 0.273 e. The zero-order chi connectivity index (χ0) is 14.7. The van der Waals surface area contributed by atoms with Gasteiger partial charge in [-0.05, 0) is 42.5 Å². The Morgan fingerprint density at radius 2 is 2.05 bits per heavy atom. The molecule has 0 spiro atoms. The van der Waals surface area contributed by atoms with Gasteiger partial charge in [0.2, 0.25) is 0 Å². The van der Waals surface area contributed by atoms with Crippen LogP contribution in [-0.2, 0) is 4.79 Å². The van der Waals surface area contributed by atoms with Crippen molar-refractivity contribution in [3.8, 4) is 5.75 Å².